The predicted octanol–water partition coefficient (Wildman–Crippen LogP) is 0.897. The number of halogens is 1. The van der Waals surface area contributed by atoms with Crippen LogP contribution in [0.2, 0.25) is 0 Å². The highest BCUT2D eigenvalue weighted by molar-refractivity contribution is 9.10. The Hall–Kier alpha value is -0.880. The van der Waals surface area contributed by atoms with Crippen molar-refractivity contribution in [2.45, 2.75) is 19.1 Å². The van der Waals surface area contributed by atoms with Crippen LogP contribution in [0.1, 0.15) is 19.1 Å². The Morgan fingerprint density at radius 3 is 3.14 bits per heavy atom. The van der Waals surface area contributed by atoms with Gasteiger partial charge >= 0.3 is 5.69 Å². The van der Waals surface area contributed by atoms with Crippen LogP contribution in [0.3, 0.4) is 0 Å². The van der Waals surface area contributed by atoms with Crippen molar-refractivity contribution in [1.29, 1.82) is 0 Å². The van der Waals surface area contributed by atoms with Crippen molar-refractivity contribution in [3.63, 3.8) is 0 Å². The number of hydrogen-bond acceptors (Lipinski definition) is 4. The van der Waals surface area contributed by atoms with Gasteiger partial charge in [-0.15, -0.1) is 0 Å². The molecular weight excluding hydrogens is 250 g/mol. The Morgan fingerprint density at radius 2 is 2.50 bits per heavy atom. The summed E-state index contributed by atoms with van der Waals surface area (Å²) < 4.78 is 7.46. The van der Waals surface area contributed by atoms with E-state index in [4.69, 9.17) is 10.5 Å². The quantitative estimate of drug-likeness (QED) is 0.814. The summed E-state index contributed by atoms with van der Waals surface area (Å²) in [5.74, 6) is 0.212. The van der Waals surface area contributed by atoms with E-state index in [2.05, 4.69) is 20.9 Å². The fourth-order valence-corrected chi connectivity index (χ4v) is 1.75. The number of anilines is 1. The van der Waals surface area contributed by atoms with Gasteiger partial charge in [0.05, 0.1) is 4.47 Å². The molecule has 1 aliphatic heterocycles. The summed E-state index contributed by atoms with van der Waals surface area (Å²) in [6.45, 7) is 0.694. The lowest BCUT2D eigenvalue weighted by atomic mass is 10.3. The van der Waals surface area contributed by atoms with Crippen LogP contribution in [-0.2, 0) is 4.74 Å². The van der Waals surface area contributed by atoms with E-state index in [1.165, 1.54) is 4.57 Å². The average Bonchev–Trinajstić information content (AvgIpc) is 2.64. The summed E-state index contributed by atoms with van der Waals surface area (Å²) in [5, 5.41) is 0. The van der Waals surface area contributed by atoms with E-state index in [0.29, 0.717) is 11.1 Å². The third-order valence-electron chi connectivity index (χ3n) is 2.15. The number of aromatic nitrogens is 2. The van der Waals surface area contributed by atoms with Gasteiger partial charge in [0.25, 0.3) is 0 Å². The highest BCUT2D eigenvalue weighted by Gasteiger charge is 2.19. The molecule has 2 N–H and O–H groups in total. The monoisotopic (exact) mass is 259 g/mol. The SMILES string of the molecule is Nc1nc(=O)n([C@@H]2CCCO2)cc1Br. The molecule has 76 valence electrons. The minimum absolute atomic E-state index is 0.188. The van der Waals surface area contributed by atoms with Gasteiger partial charge in [0.1, 0.15) is 12.0 Å². The first-order chi connectivity index (χ1) is 6.68. The second-order valence-corrected chi connectivity index (χ2v) is 3.99. The molecule has 0 aliphatic carbocycles. The topological polar surface area (TPSA) is 70.1 Å². The Kier molecular flexibility index (Phi) is 2.56. The second kappa shape index (κ2) is 3.70. The van der Waals surface area contributed by atoms with Crippen LogP contribution in [0.25, 0.3) is 0 Å². The lowest BCUT2D eigenvalue weighted by molar-refractivity contribution is 0.0526. The Balaban J connectivity index is 2.42. The molecule has 1 aromatic rings. The van der Waals surface area contributed by atoms with Crippen molar-refractivity contribution in [3.8, 4) is 0 Å². The minimum Gasteiger partial charge on any atom is -0.383 e. The maximum absolute atomic E-state index is 11.5. The lowest BCUT2D eigenvalue weighted by Gasteiger charge is -2.12. The number of ether oxygens (including phenoxy) is 1. The van der Waals surface area contributed by atoms with Gasteiger partial charge in [-0.3, -0.25) is 4.57 Å². The Labute approximate surface area is 89.0 Å². The molecule has 5 nitrogen and oxygen atoms in total. The van der Waals surface area contributed by atoms with Crippen LogP contribution in [-0.4, -0.2) is 16.2 Å². The molecule has 1 atom stereocenters. The molecule has 0 bridgehead atoms. The van der Waals surface area contributed by atoms with Crippen molar-refractivity contribution in [2.24, 2.45) is 0 Å². The molecule has 2 heterocycles. The van der Waals surface area contributed by atoms with Crippen LogP contribution in [0.15, 0.2) is 15.5 Å². The van der Waals surface area contributed by atoms with E-state index in [1.807, 2.05) is 0 Å². The molecule has 1 saturated heterocycles. The first-order valence-corrected chi connectivity index (χ1v) is 5.13. The lowest BCUT2D eigenvalue weighted by Crippen LogP contribution is -2.27. The van der Waals surface area contributed by atoms with E-state index >= 15 is 0 Å². The molecule has 0 amide bonds. The van der Waals surface area contributed by atoms with Gasteiger partial charge in [-0.1, -0.05) is 0 Å². The molecule has 1 fully saturated rings. The van der Waals surface area contributed by atoms with E-state index < -0.39 is 0 Å². The molecule has 2 rings (SSSR count). The van der Waals surface area contributed by atoms with E-state index in [-0.39, 0.29) is 17.7 Å². The summed E-state index contributed by atoms with van der Waals surface area (Å²) >= 11 is 3.22. The van der Waals surface area contributed by atoms with Gasteiger partial charge in [0.15, 0.2) is 0 Å². The molecule has 1 aliphatic rings. The van der Waals surface area contributed by atoms with E-state index in [1.54, 1.807) is 6.20 Å². The van der Waals surface area contributed by atoms with Crippen molar-refractivity contribution < 1.29 is 4.74 Å². The van der Waals surface area contributed by atoms with Gasteiger partial charge in [-0.05, 0) is 28.8 Å². The van der Waals surface area contributed by atoms with Gasteiger partial charge in [0.2, 0.25) is 0 Å². The smallest absolute Gasteiger partial charge is 0.351 e. The first kappa shape index (κ1) is 9.67. The van der Waals surface area contributed by atoms with Gasteiger partial charge in [0, 0.05) is 12.8 Å². The Bertz CT molecular complexity index is 398. The maximum Gasteiger partial charge on any atom is 0.351 e. The first-order valence-electron chi connectivity index (χ1n) is 4.34. The molecule has 14 heavy (non-hydrogen) atoms. The molecule has 0 radical (unpaired) electrons. The van der Waals surface area contributed by atoms with Crippen LogP contribution < -0.4 is 11.4 Å². The normalized spacial score (nSPS) is 21.4. The van der Waals surface area contributed by atoms with Crippen molar-refractivity contribution >= 4 is 21.7 Å². The summed E-state index contributed by atoms with van der Waals surface area (Å²) in [4.78, 5) is 15.1. The number of rotatable bonds is 1. The van der Waals surface area contributed by atoms with Crippen molar-refractivity contribution in [2.75, 3.05) is 12.3 Å². The Morgan fingerprint density at radius 1 is 1.71 bits per heavy atom. The molecule has 0 unspecified atom stereocenters. The number of nitrogen functional groups attached to an aromatic ring is 1. The molecule has 0 aromatic carbocycles. The second-order valence-electron chi connectivity index (χ2n) is 3.13. The van der Waals surface area contributed by atoms with Crippen molar-refractivity contribution in [3.05, 3.63) is 21.2 Å². The minimum atomic E-state index is -0.363. The standard InChI is InChI=1S/C8H10BrN3O2/c9-5-4-12(6-2-1-3-14-6)8(13)11-7(5)10/h4,6H,1-3H2,(H2,10,11,13)/t6-/m0/s1. The molecule has 1 aromatic heterocycles. The highest BCUT2D eigenvalue weighted by atomic mass is 79.9. The largest absolute Gasteiger partial charge is 0.383 e. The van der Waals surface area contributed by atoms with Crippen LogP contribution >= 0.6 is 15.9 Å². The summed E-state index contributed by atoms with van der Waals surface area (Å²) in [6, 6.07) is 0. The summed E-state index contributed by atoms with van der Waals surface area (Å²) in [6.07, 6.45) is 3.25. The predicted molar refractivity (Wildman–Crippen MR) is 54.8 cm³/mol. The molecule has 6 heteroatoms. The van der Waals surface area contributed by atoms with Gasteiger partial charge in [-0.2, -0.15) is 4.98 Å². The third kappa shape index (κ3) is 1.67. The fraction of sp³-hybridized carbons (Fsp3) is 0.500. The van der Waals surface area contributed by atoms with Gasteiger partial charge < -0.3 is 10.5 Å². The maximum atomic E-state index is 11.5. The summed E-state index contributed by atoms with van der Waals surface area (Å²) in [5.41, 5.74) is 5.11. The van der Waals surface area contributed by atoms with E-state index in [9.17, 15) is 4.79 Å². The summed E-state index contributed by atoms with van der Waals surface area (Å²) in [7, 11) is 0. The molecule has 0 spiro atoms. The van der Waals surface area contributed by atoms with Gasteiger partial charge in [-0.25, -0.2) is 4.79 Å². The average molecular weight is 260 g/mol. The number of hydrogen-bond donors (Lipinski definition) is 1. The number of nitrogens with two attached hydrogens (primary N) is 1. The zero-order valence-corrected chi connectivity index (χ0v) is 9.03. The molecular formula is C8H10BrN3O2. The zero-order chi connectivity index (χ0) is 10.1. The van der Waals surface area contributed by atoms with Crippen LogP contribution in [0.4, 0.5) is 5.82 Å². The van der Waals surface area contributed by atoms with E-state index in [0.717, 1.165) is 12.8 Å². The highest BCUT2D eigenvalue weighted by Crippen LogP contribution is 2.23. The third-order valence-corrected chi connectivity index (χ3v) is 2.76. The zero-order valence-electron chi connectivity index (χ0n) is 7.44. The van der Waals surface area contributed by atoms with Crippen LogP contribution in [0, 0.1) is 0 Å². The van der Waals surface area contributed by atoms with Crippen molar-refractivity contribution in [1.82, 2.24) is 9.55 Å². The molecule has 0 saturated carbocycles. The van der Waals surface area contributed by atoms with Crippen LogP contribution in [0.5, 0.6) is 0 Å². The fourth-order valence-electron chi connectivity index (χ4n) is 1.44. The number of nitrogens with zero attached hydrogens (tertiary/aromatic N) is 2.